The van der Waals surface area contributed by atoms with Crippen LogP contribution in [0.15, 0.2) is 36.4 Å². The summed E-state index contributed by atoms with van der Waals surface area (Å²) in [6.45, 7) is 10.5. The van der Waals surface area contributed by atoms with E-state index in [1.54, 1.807) is 58.0 Å². The summed E-state index contributed by atoms with van der Waals surface area (Å²) in [7, 11) is 0. The zero-order valence-corrected chi connectivity index (χ0v) is 23.8. The number of benzene rings is 2. The van der Waals surface area contributed by atoms with Gasteiger partial charge in [-0.2, -0.15) is 0 Å². The smallest absolute Gasteiger partial charge is 0.408 e. The van der Waals surface area contributed by atoms with Crippen molar-refractivity contribution in [1.82, 2.24) is 10.2 Å². The van der Waals surface area contributed by atoms with E-state index in [1.165, 1.54) is 0 Å². The number of hydrogen-bond donors (Lipinski definition) is 3. The molecule has 39 heavy (non-hydrogen) atoms. The topological polar surface area (TPSA) is 131 Å². The Morgan fingerprint density at radius 2 is 1.72 bits per heavy atom. The number of terminal acetylenes is 1. The van der Waals surface area contributed by atoms with Crippen LogP contribution in [0.1, 0.15) is 61.9 Å². The minimum Gasteiger partial charge on any atom is -0.444 e. The molecule has 2 atom stereocenters. The normalized spacial score (nSPS) is 12.5. The van der Waals surface area contributed by atoms with Gasteiger partial charge in [0.1, 0.15) is 17.7 Å². The van der Waals surface area contributed by atoms with Gasteiger partial charge < -0.3 is 21.1 Å². The van der Waals surface area contributed by atoms with E-state index in [0.717, 1.165) is 16.0 Å². The Morgan fingerprint density at radius 1 is 1.10 bits per heavy atom. The number of primary amides is 1. The van der Waals surface area contributed by atoms with Crippen molar-refractivity contribution in [3.63, 3.8) is 0 Å². The molecular formula is C29H35ClN4O5. The van der Waals surface area contributed by atoms with Crippen molar-refractivity contribution < 1.29 is 23.9 Å². The average molecular weight is 555 g/mol. The van der Waals surface area contributed by atoms with E-state index in [1.807, 2.05) is 19.9 Å². The first kappa shape index (κ1) is 31.2. The summed E-state index contributed by atoms with van der Waals surface area (Å²) >= 11 is 6.34. The molecule has 2 unspecified atom stereocenters. The van der Waals surface area contributed by atoms with Gasteiger partial charge in [-0.1, -0.05) is 59.5 Å². The number of alkyl carbamates (subject to hydrolysis) is 1. The molecule has 4 N–H and O–H groups in total. The number of para-hydroxylation sites is 1. The van der Waals surface area contributed by atoms with Crippen LogP contribution >= 0.6 is 11.6 Å². The molecule has 0 radical (unpaired) electrons. The fourth-order valence-corrected chi connectivity index (χ4v) is 4.26. The summed E-state index contributed by atoms with van der Waals surface area (Å²) in [5, 5.41) is 5.58. The third-order valence-corrected chi connectivity index (χ3v) is 5.90. The SMILES string of the molecule is C#CN(C(=O)C(CCC(N)=O)NC(=O)OC(C)(C)C)C(C(=O)Nc1c(C)cccc1Cl)c1cc(C)cc(C)c1. The van der Waals surface area contributed by atoms with Crippen LogP contribution in [0, 0.1) is 33.2 Å². The second kappa shape index (κ2) is 13.2. The van der Waals surface area contributed by atoms with Crippen molar-refractivity contribution in [3.8, 4) is 12.5 Å². The average Bonchev–Trinajstić information content (AvgIpc) is 2.80. The minimum absolute atomic E-state index is 0.156. The Hall–Kier alpha value is -4.03. The molecule has 0 aliphatic carbocycles. The van der Waals surface area contributed by atoms with E-state index in [9.17, 15) is 19.2 Å². The van der Waals surface area contributed by atoms with E-state index in [2.05, 4.69) is 16.7 Å². The van der Waals surface area contributed by atoms with Crippen LogP contribution in [0.4, 0.5) is 10.5 Å². The molecule has 0 saturated heterocycles. The monoisotopic (exact) mass is 554 g/mol. The Balaban J connectivity index is 2.56. The van der Waals surface area contributed by atoms with Crippen molar-refractivity contribution in [2.24, 2.45) is 5.73 Å². The summed E-state index contributed by atoms with van der Waals surface area (Å²) < 4.78 is 5.29. The van der Waals surface area contributed by atoms with Crippen molar-refractivity contribution in [3.05, 3.63) is 63.7 Å². The van der Waals surface area contributed by atoms with Gasteiger partial charge in [-0.05, 0) is 65.2 Å². The molecule has 0 aromatic heterocycles. The molecular weight excluding hydrogens is 520 g/mol. The number of carbonyl (C=O) groups is 4. The highest BCUT2D eigenvalue weighted by Crippen LogP contribution is 2.30. The number of carbonyl (C=O) groups excluding carboxylic acids is 4. The first-order valence-corrected chi connectivity index (χ1v) is 12.7. The predicted octanol–water partition coefficient (Wildman–Crippen LogP) is 4.52. The zero-order chi connectivity index (χ0) is 29.5. The first-order valence-electron chi connectivity index (χ1n) is 12.3. The van der Waals surface area contributed by atoms with E-state index >= 15 is 0 Å². The molecule has 0 aliphatic heterocycles. The number of nitrogens with zero attached hydrogens (tertiary/aromatic N) is 1. The number of rotatable bonds is 9. The van der Waals surface area contributed by atoms with Crippen LogP contribution in [0.3, 0.4) is 0 Å². The standard InChI is InChI=1S/C29H35ClN4O5/c1-8-34(27(37)22(12-13-23(31)35)32-28(38)39-29(5,6)7)25(20-15-17(2)14-18(3)16-20)26(36)33-24-19(4)10-9-11-21(24)30/h1,9-11,14-16,22,25H,12-13H2,2-7H3,(H2,31,35)(H,32,38)(H,33,36). The number of anilines is 1. The number of hydrogen-bond acceptors (Lipinski definition) is 5. The molecule has 0 bridgehead atoms. The van der Waals surface area contributed by atoms with Gasteiger partial charge in [0.15, 0.2) is 0 Å². The lowest BCUT2D eigenvalue weighted by Crippen LogP contribution is -2.51. The van der Waals surface area contributed by atoms with Gasteiger partial charge in [-0.25, -0.2) is 4.79 Å². The van der Waals surface area contributed by atoms with Crippen LogP contribution in [-0.4, -0.2) is 40.4 Å². The summed E-state index contributed by atoms with van der Waals surface area (Å²) in [5.74, 6) is -2.09. The third-order valence-electron chi connectivity index (χ3n) is 5.58. The molecule has 0 spiro atoms. The summed E-state index contributed by atoms with van der Waals surface area (Å²) in [6, 6.07) is 10.3. The van der Waals surface area contributed by atoms with E-state index in [-0.39, 0.29) is 12.8 Å². The van der Waals surface area contributed by atoms with Crippen LogP contribution in [-0.2, 0) is 19.1 Å². The number of amides is 4. The maximum atomic E-state index is 13.8. The fraction of sp³-hybridized carbons (Fsp3) is 0.379. The van der Waals surface area contributed by atoms with E-state index in [4.69, 9.17) is 28.5 Å². The van der Waals surface area contributed by atoms with Gasteiger partial charge in [0, 0.05) is 12.5 Å². The van der Waals surface area contributed by atoms with Gasteiger partial charge in [-0.3, -0.25) is 19.3 Å². The third kappa shape index (κ3) is 9.04. The van der Waals surface area contributed by atoms with Gasteiger partial charge in [0.05, 0.1) is 10.7 Å². The molecule has 0 aliphatic rings. The summed E-state index contributed by atoms with van der Waals surface area (Å²) in [5.41, 5.74) is 7.68. The van der Waals surface area contributed by atoms with Gasteiger partial charge in [0.25, 0.3) is 11.8 Å². The number of nitrogens with one attached hydrogen (secondary N) is 2. The Bertz CT molecular complexity index is 1260. The highest BCUT2D eigenvalue weighted by atomic mass is 35.5. The number of aryl methyl sites for hydroxylation is 3. The molecule has 9 nitrogen and oxygen atoms in total. The van der Waals surface area contributed by atoms with Gasteiger partial charge >= 0.3 is 6.09 Å². The molecule has 10 heteroatoms. The van der Waals surface area contributed by atoms with Gasteiger partial charge in [0.2, 0.25) is 5.91 Å². The van der Waals surface area contributed by atoms with Crippen LogP contribution in [0.25, 0.3) is 0 Å². The first-order chi connectivity index (χ1) is 18.1. The molecule has 2 aromatic rings. The van der Waals surface area contributed by atoms with E-state index in [0.29, 0.717) is 21.8 Å². The Kier molecular flexibility index (Phi) is 10.5. The molecule has 208 valence electrons. The maximum absolute atomic E-state index is 13.8. The van der Waals surface area contributed by atoms with Crippen LogP contribution in [0.5, 0.6) is 0 Å². The predicted molar refractivity (Wildman–Crippen MR) is 151 cm³/mol. The maximum Gasteiger partial charge on any atom is 0.408 e. The molecule has 2 aromatic carbocycles. The highest BCUT2D eigenvalue weighted by Gasteiger charge is 2.36. The van der Waals surface area contributed by atoms with Crippen molar-refractivity contribution in [2.75, 3.05) is 5.32 Å². The summed E-state index contributed by atoms with van der Waals surface area (Å²) in [6.07, 6.45) is 4.56. The molecule has 0 heterocycles. The van der Waals surface area contributed by atoms with Gasteiger partial charge in [-0.15, -0.1) is 0 Å². The lowest BCUT2D eigenvalue weighted by Gasteiger charge is -2.31. The second-order valence-electron chi connectivity index (χ2n) is 10.3. The highest BCUT2D eigenvalue weighted by molar-refractivity contribution is 6.34. The lowest BCUT2D eigenvalue weighted by atomic mass is 9.98. The van der Waals surface area contributed by atoms with Crippen LogP contribution in [0.2, 0.25) is 5.02 Å². The van der Waals surface area contributed by atoms with E-state index < -0.39 is 41.5 Å². The molecule has 0 saturated carbocycles. The Labute approximate surface area is 234 Å². The van der Waals surface area contributed by atoms with Crippen molar-refractivity contribution in [2.45, 2.75) is 72.1 Å². The number of nitrogens with two attached hydrogens (primary N) is 1. The quantitative estimate of drug-likeness (QED) is 0.310. The van der Waals surface area contributed by atoms with Crippen molar-refractivity contribution >= 4 is 41.1 Å². The minimum atomic E-state index is -1.30. The van der Waals surface area contributed by atoms with Crippen molar-refractivity contribution in [1.29, 1.82) is 0 Å². The van der Waals surface area contributed by atoms with Crippen LogP contribution < -0.4 is 16.4 Å². The number of halogens is 1. The molecule has 0 fully saturated rings. The molecule has 2 rings (SSSR count). The zero-order valence-electron chi connectivity index (χ0n) is 23.1. The molecule has 4 amide bonds. The second-order valence-corrected chi connectivity index (χ2v) is 10.7. The fourth-order valence-electron chi connectivity index (χ4n) is 3.99. The Morgan fingerprint density at radius 3 is 2.23 bits per heavy atom. The lowest BCUT2D eigenvalue weighted by molar-refractivity contribution is -0.137. The largest absolute Gasteiger partial charge is 0.444 e. The summed E-state index contributed by atoms with van der Waals surface area (Å²) in [4.78, 5) is 52.6. The number of ether oxygens (including phenoxy) is 1.